The van der Waals surface area contributed by atoms with Crippen molar-refractivity contribution in [3.05, 3.63) is 35.3 Å². The van der Waals surface area contributed by atoms with E-state index in [0.29, 0.717) is 5.01 Å². The van der Waals surface area contributed by atoms with Gasteiger partial charge < -0.3 is 5.21 Å². The minimum atomic E-state index is 0.589. The van der Waals surface area contributed by atoms with Gasteiger partial charge in [-0.1, -0.05) is 46.8 Å². The van der Waals surface area contributed by atoms with Crippen molar-refractivity contribution in [3.63, 3.8) is 0 Å². The number of oxime groups is 1. The van der Waals surface area contributed by atoms with Gasteiger partial charge in [0.05, 0.1) is 0 Å². The topological polar surface area (TPSA) is 58.4 Å². The molecule has 1 aromatic carbocycles. The minimum Gasteiger partial charge on any atom is -0.411 e. The van der Waals surface area contributed by atoms with E-state index in [1.807, 2.05) is 30.3 Å². The van der Waals surface area contributed by atoms with Crippen LogP contribution in [-0.2, 0) is 0 Å². The van der Waals surface area contributed by atoms with Crippen LogP contribution in [0, 0.1) is 0 Å². The summed E-state index contributed by atoms with van der Waals surface area (Å²) in [6.45, 7) is 0. The number of nitrogens with zero attached hydrogens (tertiary/aromatic N) is 3. The van der Waals surface area contributed by atoms with E-state index in [2.05, 4.69) is 15.4 Å². The third-order valence-corrected chi connectivity index (χ3v) is 2.54. The Bertz CT molecular complexity index is 438. The summed E-state index contributed by atoms with van der Waals surface area (Å²) in [5, 5.41) is 20.4. The van der Waals surface area contributed by atoms with E-state index in [9.17, 15) is 0 Å². The number of rotatable bonds is 2. The van der Waals surface area contributed by atoms with Crippen molar-refractivity contribution in [2.75, 3.05) is 0 Å². The van der Waals surface area contributed by atoms with Gasteiger partial charge in [0.2, 0.25) is 0 Å². The molecule has 0 aliphatic heterocycles. The highest BCUT2D eigenvalue weighted by atomic mass is 32.1. The van der Waals surface area contributed by atoms with Gasteiger partial charge in [-0.2, -0.15) is 0 Å². The van der Waals surface area contributed by atoms with E-state index >= 15 is 0 Å². The molecular formula is C9H7N3OS. The van der Waals surface area contributed by atoms with Crippen molar-refractivity contribution in [3.8, 4) is 10.6 Å². The molecule has 0 aliphatic rings. The van der Waals surface area contributed by atoms with Crippen molar-refractivity contribution in [1.29, 1.82) is 0 Å². The largest absolute Gasteiger partial charge is 0.411 e. The SMILES string of the molecule is O/N=C\c1nnc(-c2ccccc2)s1. The molecule has 0 aliphatic carbocycles. The summed E-state index contributed by atoms with van der Waals surface area (Å²) in [4.78, 5) is 0. The Morgan fingerprint density at radius 2 is 2.00 bits per heavy atom. The Hall–Kier alpha value is -1.75. The Labute approximate surface area is 84.5 Å². The molecule has 0 saturated carbocycles. The molecule has 0 bridgehead atoms. The highest BCUT2D eigenvalue weighted by Gasteiger charge is 2.03. The molecule has 70 valence electrons. The van der Waals surface area contributed by atoms with Crippen LogP contribution in [0.1, 0.15) is 5.01 Å². The molecule has 1 aromatic heterocycles. The Balaban J connectivity index is 2.34. The average molecular weight is 205 g/mol. The van der Waals surface area contributed by atoms with Gasteiger partial charge in [0.15, 0.2) is 5.01 Å². The van der Waals surface area contributed by atoms with Crippen LogP contribution in [-0.4, -0.2) is 21.6 Å². The fourth-order valence-electron chi connectivity index (χ4n) is 1.03. The maximum atomic E-state index is 8.31. The number of hydrogen-bond acceptors (Lipinski definition) is 5. The zero-order valence-corrected chi connectivity index (χ0v) is 7.98. The van der Waals surface area contributed by atoms with Crippen LogP contribution in [0.4, 0.5) is 0 Å². The van der Waals surface area contributed by atoms with Gasteiger partial charge in [-0.25, -0.2) is 0 Å². The zero-order valence-electron chi connectivity index (χ0n) is 7.16. The molecule has 4 nitrogen and oxygen atoms in total. The van der Waals surface area contributed by atoms with Gasteiger partial charge in [-0.15, -0.1) is 10.2 Å². The standard InChI is InChI=1S/C9H7N3OS/c13-10-6-8-11-12-9(14-8)7-4-2-1-3-5-7/h1-6,13H/b10-6-. The first-order valence-corrected chi connectivity index (χ1v) is 4.78. The van der Waals surface area contributed by atoms with Crippen LogP contribution in [0.15, 0.2) is 35.5 Å². The van der Waals surface area contributed by atoms with Gasteiger partial charge in [-0.05, 0) is 0 Å². The monoisotopic (exact) mass is 205 g/mol. The van der Waals surface area contributed by atoms with Crippen molar-refractivity contribution in [2.45, 2.75) is 0 Å². The molecule has 0 radical (unpaired) electrons. The summed E-state index contributed by atoms with van der Waals surface area (Å²) in [5.41, 5.74) is 1.02. The second-order valence-electron chi connectivity index (χ2n) is 2.56. The molecule has 5 heteroatoms. The van der Waals surface area contributed by atoms with Crippen LogP contribution in [0.25, 0.3) is 10.6 Å². The molecule has 1 heterocycles. The molecule has 0 fully saturated rings. The zero-order chi connectivity index (χ0) is 9.80. The lowest BCUT2D eigenvalue weighted by molar-refractivity contribution is 0.322. The van der Waals surface area contributed by atoms with E-state index < -0.39 is 0 Å². The summed E-state index contributed by atoms with van der Waals surface area (Å²) in [6, 6.07) is 9.74. The molecular weight excluding hydrogens is 198 g/mol. The van der Waals surface area contributed by atoms with Crippen molar-refractivity contribution < 1.29 is 5.21 Å². The lowest BCUT2D eigenvalue weighted by atomic mass is 10.2. The summed E-state index contributed by atoms with van der Waals surface area (Å²) in [7, 11) is 0. The van der Waals surface area contributed by atoms with E-state index in [0.717, 1.165) is 10.6 Å². The first-order valence-electron chi connectivity index (χ1n) is 3.96. The first-order chi connectivity index (χ1) is 6.90. The van der Waals surface area contributed by atoms with Crippen LogP contribution < -0.4 is 0 Å². The molecule has 2 aromatic rings. The summed E-state index contributed by atoms with van der Waals surface area (Å²) in [5.74, 6) is 0. The normalized spacial score (nSPS) is 10.9. The third kappa shape index (κ3) is 1.77. The Morgan fingerprint density at radius 3 is 2.71 bits per heavy atom. The molecule has 0 spiro atoms. The molecule has 14 heavy (non-hydrogen) atoms. The third-order valence-electron chi connectivity index (χ3n) is 1.63. The van der Waals surface area contributed by atoms with Crippen LogP contribution in [0.5, 0.6) is 0 Å². The Morgan fingerprint density at radius 1 is 1.21 bits per heavy atom. The second kappa shape index (κ2) is 3.97. The molecule has 0 amide bonds. The molecule has 0 unspecified atom stereocenters. The molecule has 1 N–H and O–H groups in total. The van der Waals surface area contributed by atoms with Gasteiger partial charge in [0, 0.05) is 5.56 Å². The van der Waals surface area contributed by atoms with Crippen molar-refractivity contribution >= 4 is 17.6 Å². The van der Waals surface area contributed by atoms with E-state index in [-0.39, 0.29) is 0 Å². The van der Waals surface area contributed by atoms with E-state index in [1.54, 1.807) is 0 Å². The Kier molecular flexibility index (Phi) is 2.51. The van der Waals surface area contributed by atoms with E-state index in [1.165, 1.54) is 17.6 Å². The van der Waals surface area contributed by atoms with E-state index in [4.69, 9.17) is 5.21 Å². The summed E-state index contributed by atoms with van der Waals surface area (Å²) in [6.07, 6.45) is 1.27. The van der Waals surface area contributed by atoms with Crippen LogP contribution in [0.2, 0.25) is 0 Å². The minimum absolute atomic E-state index is 0.589. The average Bonchev–Trinajstić information content (AvgIpc) is 2.68. The smallest absolute Gasteiger partial charge is 0.162 e. The number of hydrogen-bond donors (Lipinski definition) is 1. The lowest BCUT2D eigenvalue weighted by Gasteiger charge is -1.90. The summed E-state index contributed by atoms with van der Waals surface area (Å²) >= 11 is 1.38. The van der Waals surface area contributed by atoms with Gasteiger partial charge in [0.25, 0.3) is 0 Å². The van der Waals surface area contributed by atoms with Gasteiger partial charge >= 0.3 is 0 Å². The second-order valence-corrected chi connectivity index (χ2v) is 3.57. The maximum absolute atomic E-state index is 8.31. The maximum Gasteiger partial charge on any atom is 0.162 e. The molecule has 0 atom stereocenters. The quantitative estimate of drug-likeness (QED) is 0.463. The van der Waals surface area contributed by atoms with Crippen molar-refractivity contribution in [2.24, 2.45) is 5.16 Å². The predicted octanol–water partition coefficient (Wildman–Crippen LogP) is 2.01. The fraction of sp³-hybridized carbons (Fsp3) is 0. The summed E-state index contributed by atoms with van der Waals surface area (Å²) < 4.78 is 0. The molecule has 0 saturated heterocycles. The lowest BCUT2D eigenvalue weighted by Crippen LogP contribution is -1.77. The highest BCUT2D eigenvalue weighted by molar-refractivity contribution is 7.16. The number of benzene rings is 1. The van der Waals surface area contributed by atoms with Gasteiger partial charge in [-0.3, -0.25) is 0 Å². The van der Waals surface area contributed by atoms with Gasteiger partial charge in [0.1, 0.15) is 11.2 Å². The van der Waals surface area contributed by atoms with Crippen molar-refractivity contribution in [1.82, 2.24) is 10.2 Å². The van der Waals surface area contributed by atoms with Crippen LogP contribution in [0.3, 0.4) is 0 Å². The number of aromatic nitrogens is 2. The highest BCUT2D eigenvalue weighted by Crippen LogP contribution is 2.21. The van der Waals surface area contributed by atoms with Crippen LogP contribution >= 0.6 is 11.3 Å². The molecule has 2 rings (SSSR count). The first kappa shape index (κ1) is 8.83. The fourth-order valence-corrected chi connectivity index (χ4v) is 1.75. The predicted molar refractivity (Wildman–Crippen MR) is 54.7 cm³/mol.